The van der Waals surface area contributed by atoms with Crippen molar-refractivity contribution in [3.8, 4) is 11.4 Å². The van der Waals surface area contributed by atoms with Crippen LogP contribution in [0.3, 0.4) is 0 Å². The Hall–Kier alpha value is -2.56. The average Bonchev–Trinajstić information content (AvgIpc) is 3.06. The molecule has 0 aliphatic rings. The van der Waals surface area contributed by atoms with E-state index in [9.17, 15) is 5.11 Å². The first-order chi connectivity index (χ1) is 12.5. The third kappa shape index (κ3) is 3.02. The van der Waals surface area contributed by atoms with Crippen LogP contribution < -0.4 is 0 Å². The Balaban J connectivity index is 1.85. The first-order valence-electron chi connectivity index (χ1n) is 8.13. The highest BCUT2D eigenvalue weighted by molar-refractivity contribution is 6.31. The zero-order chi connectivity index (χ0) is 18.3. The smallest absolute Gasteiger partial charge is 0.146 e. The van der Waals surface area contributed by atoms with E-state index in [-0.39, 0.29) is 11.7 Å². The van der Waals surface area contributed by atoms with E-state index < -0.39 is 0 Å². The second-order valence-electron chi connectivity index (χ2n) is 6.12. The van der Waals surface area contributed by atoms with Crippen molar-refractivity contribution in [3.05, 3.63) is 81.8 Å². The number of phenols is 1. The molecule has 4 rings (SSSR count). The number of fused-ring (bicyclic) bond motifs is 1. The van der Waals surface area contributed by atoms with Crippen LogP contribution in [-0.4, -0.2) is 20.1 Å². The lowest BCUT2D eigenvalue weighted by atomic mass is 9.92. The molecule has 3 aromatic carbocycles. The fraction of sp³-hybridized carbons (Fsp3) is 0.100. The van der Waals surface area contributed by atoms with E-state index in [1.165, 1.54) is 4.80 Å². The van der Waals surface area contributed by atoms with Crippen LogP contribution in [0.2, 0.25) is 10.0 Å². The van der Waals surface area contributed by atoms with E-state index in [1.54, 1.807) is 30.3 Å². The molecular formula is C20H15Cl2N3O. The maximum atomic E-state index is 10.9. The van der Waals surface area contributed by atoms with Gasteiger partial charge in [-0.3, -0.25) is 0 Å². The molecule has 1 heterocycles. The van der Waals surface area contributed by atoms with Crippen LogP contribution in [0, 0.1) is 0 Å². The predicted octanol–water partition coefficient (Wildman–Crippen LogP) is 5.58. The number of halogens is 2. The Morgan fingerprint density at radius 2 is 1.62 bits per heavy atom. The van der Waals surface area contributed by atoms with E-state index in [2.05, 4.69) is 10.2 Å². The SMILES string of the molecule is CC(c1ccccc1)c1cc(Cl)cc(-n2nc3ccc(Cl)cc3n2)c1O. The normalized spacial score (nSPS) is 12.4. The average molecular weight is 384 g/mol. The molecule has 26 heavy (non-hydrogen) atoms. The van der Waals surface area contributed by atoms with Gasteiger partial charge in [-0.1, -0.05) is 60.5 Å². The summed E-state index contributed by atoms with van der Waals surface area (Å²) >= 11 is 12.3. The van der Waals surface area contributed by atoms with Gasteiger partial charge < -0.3 is 5.11 Å². The number of rotatable bonds is 3. The molecule has 0 saturated carbocycles. The minimum atomic E-state index is -0.0342. The van der Waals surface area contributed by atoms with Crippen LogP contribution in [0.15, 0.2) is 60.7 Å². The molecule has 4 nitrogen and oxygen atoms in total. The summed E-state index contributed by atoms with van der Waals surface area (Å²) < 4.78 is 0. The van der Waals surface area contributed by atoms with Crippen molar-refractivity contribution in [1.82, 2.24) is 15.0 Å². The van der Waals surface area contributed by atoms with Crippen LogP contribution in [0.25, 0.3) is 16.7 Å². The van der Waals surface area contributed by atoms with Gasteiger partial charge in [-0.15, -0.1) is 15.0 Å². The highest BCUT2D eigenvalue weighted by Crippen LogP contribution is 2.37. The van der Waals surface area contributed by atoms with Crippen molar-refractivity contribution < 1.29 is 5.11 Å². The van der Waals surface area contributed by atoms with Gasteiger partial charge in [0.05, 0.1) is 0 Å². The Morgan fingerprint density at radius 1 is 0.885 bits per heavy atom. The largest absolute Gasteiger partial charge is 0.505 e. The van der Waals surface area contributed by atoms with Crippen molar-refractivity contribution >= 4 is 34.2 Å². The zero-order valence-electron chi connectivity index (χ0n) is 13.9. The lowest BCUT2D eigenvalue weighted by Crippen LogP contribution is -2.03. The molecule has 4 aromatic rings. The van der Waals surface area contributed by atoms with E-state index in [4.69, 9.17) is 23.2 Å². The van der Waals surface area contributed by atoms with Crippen molar-refractivity contribution in [3.63, 3.8) is 0 Å². The van der Waals surface area contributed by atoms with Crippen LogP contribution in [0.4, 0.5) is 0 Å². The Bertz CT molecular complexity index is 1090. The highest BCUT2D eigenvalue weighted by Gasteiger charge is 2.19. The lowest BCUT2D eigenvalue weighted by molar-refractivity contribution is 0.459. The summed E-state index contributed by atoms with van der Waals surface area (Å²) in [5.74, 6) is 0.0743. The van der Waals surface area contributed by atoms with Gasteiger partial charge in [0.15, 0.2) is 0 Å². The summed E-state index contributed by atoms with van der Waals surface area (Å²) in [6, 6.07) is 18.6. The Kier molecular flexibility index (Phi) is 4.31. The molecule has 0 bridgehead atoms. The van der Waals surface area contributed by atoms with E-state index >= 15 is 0 Å². The summed E-state index contributed by atoms with van der Waals surface area (Å²) in [7, 11) is 0. The molecular weight excluding hydrogens is 369 g/mol. The minimum Gasteiger partial charge on any atom is -0.505 e. The molecule has 0 fully saturated rings. The molecule has 6 heteroatoms. The maximum absolute atomic E-state index is 10.9. The van der Waals surface area contributed by atoms with Crippen molar-refractivity contribution in [1.29, 1.82) is 0 Å². The van der Waals surface area contributed by atoms with Crippen LogP contribution in [0.1, 0.15) is 24.0 Å². The second-order valence-corrected chi connectivity index (χ2v) is 6.99. The van der Waals surface area contributed by atoms with E-state index in [1.807, 2.05) is 37.3 Å². The summed E-state index contributed by atoms with van der Waals surface area (Å²) in [5.41, 5.74) is 3.57. The summed E-state index contributed by atoms with van der Waals surface area (Å²) in [4.78, 5) is 1.39. The molecule has 0 saturated heterocycles. The monoisotopic (exact) mass is 383 g/mol. The molecule has 0 aliphatic carbocycles. The molecule has 1 aromatic heterocycles. The minimum absolute atomic E-state index is 0.0342. The predicted molar refractivity (Wildman–Crippen MR) is 105 cm³/mol. The number of hydrogen-bond acceptors (Lipinski definition) is 3. The molecule has 1 atom stereocenters. The van der Waals surface area contributed by atoms with Crippen LogP contribution in [0.5, 0.6) is 5.75 Å². The molecule has 130 valence electrons. The fourth-order valence-electron chi connectivity index (χ4n) is 3.00. The highest BCUT2D eigenvalue weighted by atomic mass is 35.5. The number of hydrogen-bond donors (Lipinski definition) is 1. The topological polar surface area (TPSA) is 50.9 Å². The van der Waals surface area contributed by atoms with E-state index in [0.29, 0.717) is 26.8 Å². The Morgan fingerprint density at radius 3 is 2.38 bits per heavy atom. The standard InChI is InChI=1S/C20H15Cl2N3O/c1-12(13-5-3-2-4-6-13)16-9-15(22)11-19(20(16)26)25-23-17-8-7-14(21)10-18(17)24-25/h2-12,26H,1H3. The molecule has 0 aliphatic heterocycles. The molecule has 1 N–H and O–H groups in total. The molecule has 0 radical (unpaired) electrons. The third-order valence-electron chi connectivity index (χ3n) is 4.41. The number of aromatic hydroxyl groups is 1. The van der Waals surface area contributed by atoms with Crippen molar-refractivity contribution in [2.75, 3.05) is 0 Å². The first-order valence-corrected chi connectivity index (χ1v) is 8.89. The van der Waals surface area contributed by atoms with Gasteiger partial charge in [-0.05, 0) is 35.9 Å². The lowest BCUT2D eigenvalue weighted by Gasteiger charge is -2.16. The summed E-state index contributed by atoms with van der Waals surface area (Å²) in [6.07, 6.45) is 0. The zero-order valence-corrected chi connectivity index (χ0v) is 15.4. The van der Waals surface area contributed by atoms with Gasteiger partial charge in [-0.25, -0.2) is 0 Å². The number of nitrogens with zero attached hydrogens (tertiary/aromatic N) is 3. The number of aromatic nitrogens is 3. The van der Waals surface area contributed by atoms with Gasteiger partial charge in [0.1, 0.15) is 22.5 Å². The van der Waals surface area contributed by atoms with Gasteiger partial charge in [0.2, 0.25) is 0 Å². The van der Waals surface area contributed by atoms with Gasteiger partial charge in [-0.2, -0.15) is 0 Å². The van der Waals surface area contributed by atoms with Gasteiger partial charge in [0.25, 0.3) is 0 Å². The van der Waals surface area contributed by atoms with E-state index in [0.717, 1.165) is 11.1 Å². The second kappa shape index (κ2) is 6.63. The van der Waals surface area contributed by atoms with Gasteiger partial charge in [0, 0.05) is 21.5 Å². The number of phenolic OH excluding ortho intramolecular Hbond substituents is 1. The first kappa shape index (κ1) is 16.9. The maximum Gasteiger partial charge on any atom is 0.146 e. The third-order valence-corrected chi connectivity index (χ3v) is 4.86. The molecule has 0 spiro atoms. The summed E-state index contributed by atoms with van der Waals surface area (Å²) in [6.45, 7) is 2.03. The van der Waals surface area contributed by atoms with Crippen molar-refractivity contribution in [2.24, 2.45) is 0 Å². The molecule has 0 amide bonds. The summed E-state index contributed by atoms with van der Waals surface area (Å²) in [5, 5.41) is 20.8. The quantitative estimate of drug-likeness (QED) is 0.501. The van der Waals surface area contributed by atoms with Crippen molar-refractivity contribution in [2.45, 2.75) is 12.8 Å². The number of benzene rings is 3. The van der Waals surface area contributed by atoms with Crippen LogP contribution in [-0.2, 0) is 0 Å². The van der Waals surface area contributed by atoms with Gasteiger partial charge >= 0.3 is 0 Å². The fourth-order valence-corrected chi connectivity index (χ4v) is 3.39. The molecule has 1 unspecified atom stereocenters. The van der Waals surface area contributed by atoms with Crippen LogP contribution >= 0.6 is 23.2 Å². The Labute approximate surface area is 160 Å².